The quantitative estimate of drug-likeness (QED) is 0.837. The number of ether oxygens (including phenoxy) is 1. The van der Waals surface area contributed by atoms with E-state index in [1.54, 1.807) is 0 Å². The fourth-order valence-electron chi connectivity index (χ4n) is 3.31. The second-order valence-corrected chi connectivity index (χ2v) is 7.67. The molecule has 0 saturated carbocycles. The average Bonchev–Trinajstić information content (AvgIpc) is 2.47. The number of nitrogens with one attached hydrogen (secondary N) is 2. The highest BCUT2D eigenvalue weighted by molar-refractivity contribution is 5.68. The summed E-state index contributed by atoms with van der Waals surface area (Å²) in [6.45, 7) is 10.9. The second kappa shape index (κ2) is 8.16. The van der Waals surface area contributed by atoms with E-state index in [4.69, 9.17) is 4.74 Å². The number of piperidine rings is 2. The monoisotopic (exact) mass is 311 g/mol. The van der Waals surface area contributed by atoms with Gasteiger partial charge in [0.2, 0.25) is 0 Å². The Labute approximate surface area is 135 Å². The lowest BCUT2D eigenvalue weighted by atomic mass is 9.97. The summed E-state index contributed by atoms with van der Waals surface area (Å²) in [7, 11) is 0. The summed E-state index contributed by atoms with van der Waals surface area (Å²) in [5, 5.41) is 7.00. The zero-order valence-corrected chi connectivity index (χ0v) is 14.5. The number of amides is 1. The summed E-state index contributed by atoms with van der Waals surface area (Å²) >= 11 is 0. The molecule has 0 spiro atoms. The van der Waals surface area contributed by atoms with Crippen LogP contribution in [0.5, 0.6) is 0 Å². The Bertz CT molecular complexity index is 348. The first-order valence-electron chi connectivity index (χ1n) is 8.87. The summed E-state index contributed by atoms with van der Waals surface area (Å²) in [6.07, 6.45) is 5.74. The highest BCUT2D eigenvalue weighted by Crippen LogP contribution is 2.20. The molecule has 0 aromatic heterocycles. The Hall–Kier alpha value is -0.810. The predicted molar refractivity (Wildman–Crippen MR) is 89.0 cm³/mol. The van der Waals surface area contributed by atoms with Crippen molar-refractivity contribution in [2.24, 2.45) is 5.92 Å². The first kappa shape index (κ1) is 17.5. The number of hydrogen-bond acceptors (Lipinski definition) is 4. The SMILES string of the molecule is CC(C)(C)OC(=O)N1CCCCC1CNCC1CCNCC1. The van der Waals surface area contributed by atoms with Gasteiger partial charge in [-0.3, -0.25) is 0 Å². The highest BCUT2D eigenvalue weighted by Gasteiger charge is 2.30. The zero-order chi connectivity index (χ0) is 16.0. The van der Waals surface area contributed by atoms with Crippen LogP contribution in [0.3, 0.4) is 0 Å². The van der Waals surface area contributed by atoms with Crippen LogP contribution >= 0.6 is 0 Å². The Balaban J connectivity index is 1.77. The van der Waals surface area contributed by atoms with Gasteiger partial charge in [0, 0.05) is 19.1 Å². The summed E-state index contributed by atoms with van der Waals surface area (Å²) in [5.74, 6) is 0.778. The first-order valence-corrected chi connectivity index (χ1v) is 8.87. The molecule has 1 amide bonds. The predicted octanol–water partition coefficient (Wildman–Crippen LogP) is 2.37. The van der Waals surface area contributed by atoms with Crippen molar-refractivity contribution in [2.45, 2.75) is 64.5 Å². The molecule has 2 aliphatic heterocycles. The molecule has 0 aromatic rings. The molecule has 1 unspecified atom stereocenters. The van der Waals surface area contributed by atoms with Gasteiger partial charge in [-0.05, 0) is 78.4 Å². The topological polar surface area (TPSA) is 53.6 Å². The molecular formula is C17H33N3O2. The van der Waals surface area contributed by atoms with Crippen molar-refractivity contribution in [3.8, 4) is 0 Å². The van der Waals surface area contributed by atoms with Gasteiger partial charge in [-0.1, -0.05) is 0 Å². The molecule has 2 N–H and O–H groups in total. The van der Waals surface area contributed by atoms with Crippen molar-refractivity contribution >= 4 is 6.09 Å². The van der Waals surface area contributed by atoms with Crippen LogP contribution in [0.1, 0.15) is 52.9 Å². The molecule has 2 heterocycles. The lowest BCUT2D eigenvalue weighted by Gasteiger charge is -2.37. The summed E-state index contributed by atoms with van der Waals surface area (Å²) < 4.78 is 5.55. The van der Waals surface area contributed by atoms with Gasteiger partial charge in [0.1, 0.15) is 5.60 Å². The number of carbonyl (C=O) groups excluding carboxylic acids is 1. The van der Waals surface area contributed by atoms with Crippen molar-refractivity contribution in [2.75, 3.05) is 32.7 Å². The molecule has 0 aliphatic carbocycles. The van der Waals surface area contributed by atoms with E-state index in [9.17, 15) is 4.79 Å². The van der Waals surface area contributed by atoms with Crippen molar-refractivity contribution in [3.63, 3.8) is 0 Å². The lowest BCUT2D eigenvalue weighted by Crippen LogP contribution is -2.50. The van der Waals surface area contributed by atoms with Crippen LogP contribution in [0, 0.1) is 5.92 Å². The van der Waals surface area contributed by atoms with Crippen LogP contribution in [0.2, 0.25) is 0 Å². The van der Waals surface area contributed by atoms with Crippen molar-refractivity contribution in [3.05, 3.63) is 0 Å². The molecule has 128 valence electrons. The van der Waals surface area contributed by atoms with E-state index in [0.29, 0.717) is 0 Å². The van der Waals surface area contributed by atoms with E-state index in [1.165, 1.54) is 19.3 Å². The molecule has 0 bridgehead atoms. The minimum Gasteiger partial charge on any atom is -0.444 e. The van der Waals surface area contributed by atoms with Gasteiger partial charge < -0.3 is 20.3 Å². The zero-order valence-electron chi connectivity index (χ0n) is 14.5. The van der Waals surface area contributed by atoms with Crippen molar-refractivity contribution in [1.29, 1.82) is 0 Å². The van der Waals surface area contributed by atoms with Crippen LogP contribution < -0.4 is 10.6 Å². The van der Waals surface area contributed by atoms with E-state index < -0.39 is 5.60 Å². The molecule has 2 rings (SSSR count). The van der Waals surface area contributed by atoms with Gasteiger partial charge in [0.25, 0.3) is 0 Å². The summed E-state index contributed by atoms with van der Waals surface area (Å²) in [6, 6.07) is 0.283. The van der Waals surface area contributed by atoms with Crippen molar-refractivity contribution < 1.29 is 9.53 Å². The molecule has 2 aliphatic rings. The van der Waals surface area contributed by atoms with Crippen LogP contribution in [-0.4, -0.2) is 55.4 Å². The third-order valence-corrected chi connectivity index (χ3v) is 4.53. The molecule has 2 saturated heterocycles. The van der Waals surface area contributed by atoms with Crippen LogP contribution in [-0.2, 0) is 4.74 Å². The normalized spacial score (nSPS) is 24.3. The Kier molecular flexibility index (Phi) is 6.50. The maximum absolute atomic E-state index is 12.4. The summed E-state index contributed by atoms with van der Waals surface area (Å²) in [5.41, 5.74) is -0.415. The molecule has 1 atom stereocenters. The molecule has 2 fully saturated rings. The number of nitrogens with zero attached hydrogens (tertiary/aromatic N) is 1. The van der Waals surface area contributed by atoms with Crippen LogP contribution in [0.25, 0.3) is 0 Å². The number of rotatable bonds is 4. The fraction of sp³-hybridized carbons (Fsp3) is 0.941. The largest absolute Gasteiger partial charge is 0.444 e. The molecule has 5 heteroatoms. The van der Waals surface area contributed by atoms with Crippen LogP contribution in [0.15, 0.2) is 0 Å². The minimum absolute atomic E-state index is 0.152. The Morgan fingerprint density at radius 2 is 1.91 bits per heavy atom. The Morgan fingerprint density at radius 1 is 1.18 bits per heavy atom. The van der Waals surface area contributed by atoms with E-state index in [1.807, 2.05) is 25.7 Å². The van der Waals surface area contributed by atoms with E-state index in [2.05, 4.69) is 10.6 Å². The van der Waals surface area contributed by atoms with Gasteiger partial charge >= 0.3 is 6.09 Å². The maximum Gasteiger partial charge on any atom is 0.410 e. The minimum atomic E-state index is -0.415. The second-order valence-electron chi connectivity index (χ2n) is 7.67. The third kappa shape index (κ3) is 5.76. The van der Waals surface area contributed by atoms with Crippen LogP contribution in [0.4, 0.5) is 4.79 Å². The van der Waals surface area contributed by atoms with Gasteiger partial charge in [-0.25, -0.2) is 4.79 Å². The molecule has 5 nitrogen and oxygen atoms in total. The van der Waals surface area contributed by atoms with E-state index >= 15 is 0 Å². The molecular weight excluding hydrogens is 278 g/mol. The molecule has 0 radical (unpaired) electrons. The van der Waals surface area contributed by atoms with E-state index in [-0.39, 0.29) is 12.1 Å². The summed E-state index contributed by atoms with van der Waals surface area (Å²) in [4.78, 5) is 14.3. The van der Waals surface area contributed by atoms with Gasteiger partial charge in [0.05, 0.1) is 0 Å². The molecule has 22 heavy (non-hydrogen) atoms. The number of carbonyl (C=O) groups is 1. The smallest absolute Gasteiger partial charge is 0.410 e. The third-order valence-electron chi connectivity index (χ3n) is 4.53. The maximum atomic E-state index is 12.4. The van der Waals surface area contributed by atoms with E-state index in [0.717, 1.165) is 51.5 Å². The van der Waals surface area contributed by atoms with Gasteiger partial charge in [-0.15, -0.1) is 0 Å². The Morgan fingerprint density at radius 3 is 2.59 bits per heavy atom. The highest BCUT2D eigenvalue weighted by atomic mass is 16.6. The first-order chi connectivity index (χ1) is 10.5. The number of likely N-dealkylation sites (tertiary alicyclic amines) is 1. The lowest BCUT2D eigenvalue weighted by molar-refractivity contribution is 0.00986. The van der Waals surface area contributed by atoms with Gasteiger partial charge in [-0.2, -0.15) is 0 Å². The van der Waals surface area contributed by atoms with Crippen molar-refractivity contribution in [1.82, 2.24) is 15.5 Å². The fourth-order valence-corrected chi connectivity index (χ4v) is 3.31. The van der Waals surface area contributed by atoms with Gasteiger partial charge in [0.15, 0.2) is 0 Å². The molecule has 0 aromatic carbocycles. The standard InChI is InChI=1S/C17H33N3O2/c1-17(2,3)22-16(21)20-11-5-4-6-15(20)13-19-12-14-7-9-18-10-8-14/h14-15,18-19H,4-13H2,1-3H3. The number of hydrogen-bond donors (Lipinski definition) is 2. The average molecular weight is 311 g/mol.